The van der Waals surface area contributed by atoms with Crippen LogP contribution < -0.4 is 9.64 Å². The van der Waals surface area contributed by atoms with E-state index < -0.39 is 18.0 Å². The van der Waals surface area contributed by atoms with Crippen LogP contribution in [0.15, 0.2) is 30.3 Å². The van der Waals surface area contributed by atoms with E-state index in [1.807, 2.05) is 24.8 Å². The molecule has 0 bridgehead atoms. The normalized spacial score (nSPS) is 21.4. The van der Waals surface area contributed by atoms with Crippen molar-refractivity contribution in [3.05, 3.63) is 47.5 Å². The van der Waals surface area contributed by atoms with Crippen LogP contribution in [0.4, 0.5) is 10.3 Å². The second-order valence-electron chi connectivity index (χ2n) is 6.17. The molecule has 24 heavy (non-hydrogen) atoms. The Kier molecular flexibility index (Phi) is 4.94. The van der Waals surface area contributed by atoms with Gasteiger partial charge in [-0.3, -0.25) is 0 Å². The molecule has 2 aromatic rings. The minimum Gasteiger partial charge on any atom is -0.485 e. The van der Waals surface area contributed by atoms with E-state index in [0.717, 1.165) is 11.4 Å². The molecule has 128 valence electrons. The monoisotopic (exact) mass is 331 g/mol. The van der Waals surface area contributed by atoms with E-state index in [-0.39, 0.29) is 5.75 Å². The van der Waals surface area contributed by atoms with E-state index in [1.54, 1.807) is 18.2 Å². The van der Waals surface area contributed by atoms with Crippen LogP contribution in [-0.2, 0) is 0 Å². The van der Waals surface area contributed by atoms with E-state index in [2.05, 4.69) is 9.97 Å². The van der Waals surface area contributed by atoms with Crippen LogP contribution in [-0.4, -0.2) is 40.4 Å². The van der Waals surface area contributed by atoms with Gasteiger partial charge in [-0.05, 0) is 38.5 Å². The van der Waals surface area contributed by atoms with Gasteiger partial charge in [0.1, 0.15) is 6.10 Å². The molecule has 1 N–H and O–H groups in total. The van der Waals surface area contributed by atoms with Gasteiger partial charge >= 0.3 is 0 Å². The van der Waals surface area contributed by atoms with Crippen molar-refractivity contribution >= 4 is 5.95 Å². The number of nitrogens with zero attached hydrogens (tertiary/aromatic N) is 3. The number of halogens is 1. The van der Waals surface area contributed by atoms with Crippen molar-refractivity contribution in [3.63, 3.8) is 0 Å². The number of para-hydroxylation sites is 1. The third-order valence-corrected chi connectivity index (χ3v) is 4.18. The van der Waals surface area contributed by atoms with Crippen molar-refractivity contribution in [2.45, 2.75) is 38.9 Å². The van der Waals surface area contributed by atoms with Crippen LogP contribution in [0.1, 0.15) is 24.2 Å². The van der Waals surface area contributed by atoms with Crippen molar-refractivity contribution in [3.8, 4) is 5.75 Å². The summed E-state index contributed by atoms with van der Waals surface area (Å²) < 4.78 is 19.5. The van der Waals surface area contributed by atoms with Crippen LogP contribution >= 0.6 is 0 Å². The molecule has 1 aromatic heterocycles. The van der Waals surface area contributed by atoms with Crippen LogP contribution in [0, 0.1) is 19.7 Å². The third kappa shape index (κ3) is 3.82. The van der Waals surface area contributed by atoms with E-state index >= 15 is 0 Å². The predicted octanol–water partition coefficient (Wildman–Crippen LogP) is 2.64. The van der Waals surface area contributed by atoms with E-state index in [9.17, 15) is 9.50 Å². The Hall–Kier alpha value is -2.21. The minimum absolute atomic E-state index is 0.178. The van der Waals surface area contributed by atoms with Crippen molar-refractivity contribution in [2.75, 3.05) is 18.0 Å². The lowest BCUT2D eigenvalue weighted by molar-refractivity contribution is 0.0328. The van der Waals surface area contributed by atoms with Gasteiger partial charge in [0.25, 0.3) is 0 Å². The lowest BCUT2D eigenvalue weighted by atomic mass is 10.1. The largest absolute Gasteiger partial charge is 0.485 e. The Labute approximate surface area is 141 Å². The molecule has 2 heterocycles. The van der Waals surface area contributed by atoms with Gasteiger partial charge in [-0.1, -0.05) is 12.1 Å². The zero-order chi connectivity index (χ0) is 17.1. The van der Waals surface area contributed by atoms with E-state index in [0.29, 0.717) is 31.9 Å². The third-order valence-electron chi connectivity index (χ3n) is 4.18. The molecule has 2 atom stereocenters. The number of aromatic nitrogens is 2. The highest BCUT2D eigenvalue weighted by molar-refractivity contribution is 5.32. The highest BCUT2D eigenvalue weighted by Crippen LogP contribution is 2.23. The summed E-state index contributed by atoms with van der Waals surface area (Å²) in [7, 11) is 0. The molecule has 0 saturated carbocycles. The maximum absolute atomic E-state index is 13.8. The second kappa shape index (κ2) is 7.13. The molecular weight excluding hydrogens is 309 g/mol. The molecule has 3 rings (SSSR count). The van der Waals surface area contributed by atoms with Gasteiger partial charge in [-0.25, -0.2) is 14.4 Å². The first-order valence-electron chi connectivity index (χ1n) is 8.19. The molecular formula is C18H22FN3O2. The topological polar surface area (TPSA) is 58.5 Å². The molecule has 1 aliphatic heterocycles. The maximum Gasteiger partial charge on any atom is 0.225 e. The summed E-state index contributed by atoms with van der Waals surface area (Å²) in [5.41, 5.74) is 1.84. The Bertz CT molecular complexity index is 690. The van der Waals surface area contributed by atoms with Crippen molar-refractivity contribution < 1.29 is 14.2 Å². The number of aryl methyl sites for hydroxylation is 2. The molecule has 5 nitrogen and oxygen atoms in total. The number of anilines is 1. The summed E-state index contributed by atoms with van der Waals surface area (Å²) in [6.45, 7) is 5.17. The van der Waals surface area contributed by atoms with Crippen LogP contribution in [0.3, 0.4) is 0 Å². The Morgan fingerprint density at radius 3 is 2.50 bits per heavy atom. The number of aliphatic hydroxyl groups excluding tert-OH is 1. The number of rotatable bonds is 3. The molecule has 0 amide bonds. The Morgan fingerprint density at radius 1 is 1.12 bits per heavy atom. The summed E-state index contributed by atoms with van der Waals surface area (Å²) in [6, 6.07) is 8.20. The fraction of sp³-hybridized carbons (Fsp3) is 0.444. The van der Waals surface area contributed by atoms with Gasteiger partial charge in [0.15, 0.2) is 11.6 Å². The zero-order valence-electron chi connectivity index (χ0n) is 13.9. The zero-order valence-corrected chi connectivity index (χ0v) is 13.9. The molecule has 0 unspecified atom stereocenters. The van der Waals surface area contributed by atoms with Crippen LogP contribution in [0.2, 0.25) is 0 Å². The maximum atomic E-state index is 13.8. The van der Waals surface area contributed by atoms with E-state index in [1.165, 1.54) is 6.07 Å². The van der Waals surface area contributed by atoms with Gasteiger partial charge in [-0.2, -0.15) is 0 Å². The first kappa shape index (κ1) is 16.6. The van der Waals surface area contributed by atoms with Crippen LogP contribution in [0.25, 0.3) is 0 Å². The number of aliphatic hydroxyl groups is 1. The van der Waals surface area contributed by atoms with Crippen molar-refractivity contribution in [1.29, 1.82) is 0 Å². The SMILES string of the molecule is Cc1cc(C)nc(N2CC[C@H](Oc3ccccc3F)[C@@H](O)CC2)n1. The lowest BCUT2D eigenvalue weighted by Gasteiger charge is -2.22. The molecule has 1 fully saturated rings. The molecule has 0 radical (unpaired) electrons. The van der Waals surface area contributed by atoms with Gasteiger partial charge in [0, 0.05) is 30.9 Å². The minimum atomic E-state index is -0.652. The fourth-order valence-corrected chi connectivity index (χ4v) is 2.95. The average molecular weight is 331 g/mol. The van der Waals surface area contributed by atoms with Crippen LogP contribution in [0.5, 0.6) is 5.75 Å². The first-order chi connectivity index (χ1) is 11.5. The molecule has 6 heteroatoms. The number of hydrogen-bond donors (Lipinski definition) is 1. The standard InChI is InChI=1S/C18H22FN3O2/c1-12-11-13(2)21-18(20-12)22-9-7-15(23)17(8-10-22)24-16-6-4-3-5-14(16)19/h3-6,11,15,17,23H,7-10H2,1-2H3/t15-,17-/m0/s1. The molecule has 0 aliphatic carbocycles. The first-order valence-corrected chi connectivity index (χ1v) is 8.19. The van der Waals surface area contributed by atoms with Gasteiger partial charge in [0.05, 0.1) is 6.10 Å². The fourth-order valence-electron chi connectivity index (χ4n) is 2.95. The molecule has 1 aromatic carbocycles. The lowest BCUT2D eigenvalue weighted by Crippen LogP contribution is -2.31. The smallest absolute Gasteiger partial charge is 0.225 e. The summed E-state index contributed by atoms with van der Waals surface area (Å²) in [5, 5.41) is 10.4. The summed E-state index contributed by atoms with van der Waals surface area (Å²) >= 11 is 0. The molecule has 1 aliphatic rings. The van der Waals surface area contributed by atoms with Gasteiger partial charge in [0.2, 0.25) is 5.95 Å². The summed E-state index contributed by atoms with van der Waals surface area (Å²) in [4.78, 5) is 11.0. The number of ether oxygens (including phenoxy) is 1. The van der Waals surface area contributed by atoms with Gasteiger partial charge in [-0.15, -0.1) is 0 Å². The highest BCUT2D eigenvalue weighted by atomic mass is 19.1. The number of hydrogen-bond acceptors (Lipinski definition) is 5. The van der Waals surface area contributed by atoms with E-state index in [4.69, 9.17) is 4.74 Å². The second-order valence-corrected chi connectivity index (χ2v) is 6.17. The Morgan fingerprint density at radius 2 is 1.79 bits per heavy atom. The Balaban J connectivity index is 1.72. The molecule has 0 spiro atoms. The average Bonchev–Trinajstić information content (AvgIpc) is 2.71. The highest BCUT2D eigenvalue weighted by Gasteiger charge is 2.28. The van der Waals surface area contributed by atoms with Crippen molar-refractivity contribution in [1.82, 2.24) is 9.97 Å². The van der Waals surface area contributed by atoms with Gasteiger partial charge < -0.3 is 14.7 Å². The number of benzene rings is 1. The summed E-state index contributed by atoms with van der Waals surface area (Å²) in [6.07, 6.45) is -0.000248. The summed E-state index contributed by atoms with van der Waals surface area (Å²) in [5.74, 6) is 0.437. The molecule has 1 saturated heterocycles. The van der Waals surface area contributed by atoms with Crippen molar-refractivity contribution in [2.24, 2.45) is 0 Å². The quantitative estimate of drug-likeness (QED) is 0.937. The predicted molar refractivity (Wildman–Crippen MR) is 89.8 cm³/mol.